The molecule has 2 saturated heterocycles. The first-order valence-electron chi connectivity index (χ1n) is 34.6. The van der Waals surface area contributed by atoms with Crippen LogP contribution in [0.1, 0.15) is 201 Å². The summed E-state index contributed by atoms with van der Waals surface area (Å²) in [6.45, 7) is 35.1. The number of unbranched alkanes of at least 4 members (excludes halogenated alkanes) is 14. The second-order valence-electron chi connectivity index (χ2n) is 27.8. The molecule has 10 atom stereocenters. The Bertz CT molecular complexity index is 2390. The normalized spacial score (nSPS) is 22.4. The number of rotatable bonds is 36. The molecule has 500 valence electrons. The van der Waals surface area contributed by atoms with E-state index < -0.39 is 53.6 Å². The van der Waals surface area contributed by atoms with Crippen molar-refractivity contribution in [1.29, 1.82) is 0 Å². The molecule has 0 amide bonds. The predicted octanol–water partition coefficient (Wildman–Crippen LogP) is 19.4. The fourth-order valence-corrected chi connectivity index (χ4v) is 12.8. The van der Waals surface area contributed by atoms with E-state index in [1.54, 1.807) is 12.5 Å². The van der Waals surface area contributed by atoms with Gasteiger partial charge in [-0.15, -0.1) is 0 Å². The summed E-state index contributed by atoms with van der Waals surface area (Å²) in [6.07, 6.45) is 23.0. The smallest absolute Gasteiger partial charge is 0.224 e. The van der Waals surface area contributed by atoms with Gasteiger partial charge in [-0.2, -0.15) is 0 Å². The maximum atomic E-state index is 11.9. The fourth-order valence-electron chi connectivity index (χ4n) is 10.8. The Hall–Kier alpha value is -4.55. The van der Waals surface area contributed by atoms with Gasteiger partial charge in [-0.1, -0.05) is 286 Å². The number of hydrogen-bond donors (Lipinski definition) is 1. The molecule has 13 heteroatoms. The van der Waals surface area contributed by atoms with Crippen LogP contribution in [0, 0.1) is 5.92 Å². The van der Waals surface area contributed by atoms with Crippen LogP contribution in [0.15, 0.2) is 156 Å². The van der Waals surface area contributed by atoms with Crippen molar-refractivity contribution in [3.8, 4) is 0 Å². The predicted molar refractivity (Wildman–Crippen MR) is 380 cm³/mol. The summed E-state index contributed by atoms with van der Waals surface area (Å²) < 4.78 is 52.4. The lowest BCUT2D eigenvalue weighted by molar-refractivity contribution is -0.257. The minimum absolute atomic E-state index is 0.0347. The third-order valence-corrected chi connectivity index (χ3v) is 27.6. The van der Waals surface area contributed by atoms with E-state index in [1.807, 2.05) is 74.5 Å². The monoisotopic (exact) mass is 1270 g/mol. The van der Waals surface area contributed by atoms with Crippen LogP contribution < -0.4 is 0 Å². The van der Waals surface area contributed by atoms with Crippen molar-refractivity contribution in [1.82, 2.24) is 0 Å². The number of aliphatic hydroxyl groups excluding tert-OH is 1. The van der Waals surface area contributed by atoms with E-state index in [0.29, 0.717) is 19.8 Å². The van der Waals surface area contributed by atoms with Crippen molar-refractivity contribution in [3.05, 3.63) is 168 Å². The molecule has 2 aliphatic rings. The highest BCUT2D eigenvalue weighted by atomic mass is 28.4. The van der Waals surface area contributed by atoms with E-state index >= 15 is 0 Å². The van der Waals surface area contributed by atoms with Gasteiger partial charge in [0.1, 0.15) is 30.4 Å². The van der Waals surface area contributed by atoms with Crippen molar-refractivity contribution >= 4 is 28.1 Å². The molecule has 11 nitrogen and oxygen atoms in total. The lowest BCUT2D eigenvalue weighted by atomic mass is 9.88. The van der Waals surface area contributed by atoms with E-state index in [1.165, 1.54) is 83.5 Å². The van der Waals surface area contributed by atoms with Gasteiger partial charge in [-0.25, -0.2) is 0 Å². The van der Waals surface area contributed by atoms with Crippen LogP contribution in [0.5, 0.6) is 0 Å². The third kappa shape index (κ3) is 24.7. The molecular weight excluding hydrogens is 1150 g/mol. The van der Waals surface area contributed by atoms with E-state index in [-0.39, 0.29) is 40.9 Å². The summed E-state index contributed by atoms with van der Waals surface area (Å²) in [5.74, 6) is 0.0656. The number of benzene rings is 4. The first kappa shape index (κ1) is 76.2. The number of allylic oxidation sites excluding steroid dienone is 2. The van der Waals surface area contributed by atoms with Gasteiger partial charge >= 0.3 is 0 Å². The maximum absolute atomic E-state index is 11.9. The molecule has 0 aromatic heterocycles. The Labute approximate surface area is 548 Å². The van der Waals surface area contributed by atoms with Gasteiger partial charge in [0.05, 0.1) is 49.4 Å². The lowest BCUT2D eigenvalue weighted by Crippen LogP contribution is -2.60. The average molecular weight is 1270 g/mol. The van der Waals surface area contributed by atoms with Crippen LogP contribution in [-0.2, 0) is 37.3 Å². The molecule has 1 N–H and O–H groups in total. The van der Waals surface area contributed by atoms with Crippen molar-refractivity contribution in [2.75, 3.05) is 26.4 Å². The van der Waals surface area contributed by atoms with Crippen LogP contribution >= 0.6 is 0 Å². The van der Waals surface area contributed by atoms with Crippen molar-refractivity contribution in [2.45, 2.75) is 270 Å². The van der Waals surface area contributed by atoms with Crippen molar-refractivity contribution < 1.29 is 42.4 Å². The van der Waals surface area contributed by atoms with Gasteiger partial charge in [0.25, 0.3) is 0 Å². The molecule has 0 aliphatic carbocycles. The summed E-state index contributed by atoms with van der Waals surface area (Å²) in [5.41, 5.74) is 5.81. The Morgan fingerprint density at radius 1 is 0.467 bits per heavy atom. The summed E-state index contributed by atoms with van der Waals surface area (Å²) in [6, 6.07) is 40.1. The van der Waals surface area contributed by atoms with E-state index in [2.05, 4.69) is 161 Å². The molecule has 4 aromatic carbocycles. The Kier molecular flexibility index (Phi) is 33.7. The highest BCUT2D eigenvalue weighted by Gasteiger charge is 2.50. The minimum atomic E-state index is -2.09. The quantitative estimate of drug-likeness (QED) is 0.0205. The van der Waals surface area contributed by atoms with Gasteiger partial charge in [-0.05, 0) is 63.0 Å². The summed E-state index contributed by atoms with van der Waals surface area (Å²) in [7, 11) is -4.06. The summed E-state index contributed by atoms with van der Waals surface area (Å²) in [4.78, 5) is 10.8. The fraction of sp³-hybridized carbons (Fsp3) is 0.610. The Balaban J connectivity index is 0.000000327. The topological polar surface area (TPSA) is 119 Å². The van der Waals surface area contributed by atoms with Gasteiger partial charge in [0, 0.05) is 41.4 Å². The van der Waals surface area contributed by atoms with E-state index in [9.17, 15) is 5.11 Å². The number of aliphatic hydroxyl groups is 1. The zero-order valence-corrected chi connectivity index (χ0v) is 60.4. The molecule has 2 aliphatic heterocycles. The number of aliphatic imine (C=N–C) groups is 2. The number of hydrogen-bond acceptors (Lipinski definition) is 11. The molecule has 6 rings (SSSR count). The largest absolute Gasteiger partial charge is 0.470 e. The van der Waals surface area contributed by atoms with Crippen molar-refractivity contribution in [3.63, 3.8) is 0 Å². The third-order valence-electron chi connectivity index (χ3n) is 18.6. The van der Waals surface area contributed by atoms with Crippen molar-refractivity contribution in [2.24, 2.45) is 15.9 Å². The summed E-state index contributed by atoms with van der Waals surface area (Å²) in [5, 5.41) is 12.0. The minimum Gasteiger partial charge on any atom is -0.470 e. The van der Waals surface area contributed by atoms with E-state index in [0.717, 1.165) is 52.9 Å². The molecule has 0 spiro atoms. The summed E-state index contributed by atoms with van der Waals surface area (Å²) >= 11 is 0. The molecule has 4 unspecified atom stereocenters. The van der Waals surface area contributed by atoms with Crippen LogP contribution in [0.25, 0.3) is 0 Å². The van der Waals surface area contributed by atoms with E-state index in [4.69, 9.17) is 47.3 Å². The highest BCUT2D eigenvalue weighted by molar-refractivity contribution is 6.74. The van der Waals surface area contributed by atoms with Crippen LogP contribution in [0.3, 0.4) is 0 Å². The number of ether oxygens (including phenoxy) is 6. The molecule has 0 saturated carbocycles. The molecule has 2 fully saturated rings. The van der Waals surface area contributed by atoms with Crippen LogP contribution in [0.4, 0.5) is 0 Å². The Morgan fingerprint density at radius 2 is 0.778 bits per heavy atom. The maximum Gasteiger partial charge on any atom is 0.224 e. The lowest BCUT2D eigenvalue weighted by Gasteiger charge is -2.45. The van der Waals surface area contributed by atoms with Gasteiger partial charge < -0.3 is 42.4 Å². The standard InChI is InChI=1S/C39H61NO4Si.C38H59NO5Si/c1-9-11-12-13-14-15-16-23-29-41-37-31(3)34(30-43-45(7,8)39(4,5)6)44-38(42-28-10-2)36(37)40-35(32-24-19-17-20-25-32)33-26-21-18-22-27-33;1-8-10-11-12-13-14-15-22-28-41-36-34(39-33(30-23-18-16-19-24-30)31-25-20-17-21-26-31)37(42-27-9-2)44-32(35(36)40)29-43-45(6,7)38(3,4)5/h10,17-22,24-28,31,34,36-38H,9,11-16,23,29-30H2,1-8H3;9,16-21,23-27,32,34-37,40H,8,10-15,22,28-29H2,1-7H3/b28-10-;27-9-/t31-,34?,36?,37+,38+;32?,34?,35-,36-,37+/m11/s1. The molecule has 90 heavy (non-hydrogen) atoms. The first-order chi connectivity index (χ1) is 43.2. The average Bonchev–Trinajstić information content (AvgIpc) is 0.853. The highest BCUT2D eigenvalue weighted by Crippen LogP contribution is 2.40. The molecule has 4 aromatic rings. The van der Waals surface area contributed by atoms with Gasteiger partial charge in [-0.3, -0.25) is 9.98 Å². The first-order valence-corrected chi connectivity index (χ1v) is 40.4. The van der Waals surface area contributed by atoms with Gasteiger partial charge in [0.2, 0.25) is 12.6 Å². The van der Waals surface area contributed by atoms with Gasteiger partial charge in [0.15, 0.2) is 16.6 Å². The Morgan fingerprint density at radius 3 is 1.12 bits per heavy atom. The van der Waals surface area contributed by atoms with Crippen LogP contribution in [0.2, 0.25) is 36.3 Å². The zero-order chi connectivity index (χ0) is 65.4. The van der Waals surface area contributed by atoms with Crippen LogP contribution in [-0.4, -0.2) is 115 Å². The molecule has 0 radical (unpaired) electrons. The zero-order valence-electron chi connectivity index (χ0n) is 58.4. The molecular formula is C77H120N2O9Si2. The SMILES string of the molecule is C/C=C\O[C@H]1OC(CO[Si](C)(C)C(C)(C)C)[C@@H](C)[C@H](OCCCCCCCCCC)C1N=C(c1ccccc1)c1ccccc1.C/C=C\O[C@H]1OC(CO[Si](C)(C)C(C)(C)C)[C@@H](O)[C@H](OCCCCCCCCCC)C1N=C(c1ccccc1)c1ccccc1. The molecule has 2 heterocycles. The second kappa shape index (κ2) is 39.9. The molecule has 0 bridgehead atoms. The number of nitrogens with zero attached hydrogens (tertiary/aromatic N) is 2. The second-order valence-corrected chi connectivity index (χ2v) is 37.4.